The predicted molar refractivity (Wildman–Crippen MR) is 105 cm³/mol. The van der Waals surface area contributed by atoms with Gasteiger partial charge in [0.1, 0.15) is 5.75 Å². The Morgan fingerprint density at radius 2 is 1.63 bits per heavy atom. The van der Waals surface area contributed by atoms with E-state index in [1.165, 1.54) is 12.1 Å². The number of ether oxygens (including phenoxy) is 1. The Morgan fingerprint density at radius 3 is 2.23 bits per heavy atom. The van der Waals surface area contributed by atoms with Gasteiger partial charge in [0.15, 0.2) is 0 Å². The first-order valence-corrected chi connectivity index (χ1v) is 9.52. The van der Waals surface area contributed by atoms with Gasteiger partial charge in [-0.05, 0) is 49.2 Å². The van der Waals surface area contributed by atoms with Gasteiger partial charge in [-0.1, -0.05) is 18.2 Å². The Kier molecular flexibility index (Phi) is 6.94. The number of halogens is 3. The molecule has 1 heterocycles. The molecule has 2 N–H and O–H groups in total. The molecule has 3 rings (SSSR count). The molecule has 0 atom stereocenters. The number of anilines is 1. The quantitative estimate of drug-likeness (QED) is 0.750. The Morgan fingerprint density at radius 1 is 1.00 bits per heavy atom. The van der Waals surface area contributed by atoms with Crippen LogP contribution in [-0.4, -0.2) is 48.8 Å². The van der Waals surface area contributed by atoms with Crippen molar-refractivity contribution >= 4 is 17.5 Å². The largest absolute Gasteiger partial charge is 0.573 e. The van der Waals surface area contributed by atoms with Crippen molar-refractivity contribution in [3.05, 3.63) is 60.2 Å². The second-order valence-corrected chi connectivity index (χ2v) is 7.01. The molecule has 2 aromatic carbocycles. The van der Waals surface area contributed by atoms with Gasteiger partial charge in [0.25, 0.3) is 5.91 Å². The van der Waals surface area contributed by atoms with Crippen molar-refractivity contribution in [1.29, 1.82) is 0 Å². The first kappa shape index (κ1) is 21.6. The fraction of sp³-hybridized carbons (Fsp3) is 0.333. The maximum atomic E-state index is 12.3. The summed E-state index contributed by atoms with van der Waals surface area (Å²) in [6.07, 6.45) is -3.41. The average molecular weight is 421 g/mol. The first-order chi connectivity index (χ1) is 14.3. The summed E-state index contributed by atoms with van der Waals surface area (Å²) in [7, 11) is 0. The molecule has 1 saturated heterocycles. The van der Waals surface area contributed by atoms with Crippen molar-refractivity contribution in [2.75, 3.05) is 25.0 Å². The van der Waals surface area contributed by atoms with Gasteiger partial charge < -0.3 is 15.4 Å². The van der Waals surface area contributed by atoms with Crippen molar-refractivity contribution in [2.45, 2.75) is 25.2 Å². The number of rotatable bonds is 6. The molecule has 1 aliphatic rings. The van der Waals surface area contributed by atoms with Crippen LogP contribution in [0.15, 0.2) is 54.6 Å². The summed E-state index contributed by atoms with van der Waals surface area (Å²) in [6, 6.07) is 14.0. The Hall–Kier alpha value is -3.07. The number of nitrogens with one attached hydrogen (secondary N) is 2. The molecule has 0 bridgehead atoms. The molecule has 2 amide bonds. The zero-order valence-electron chi connectivity index (χ0n) is 16.1. The lowest BCUT2D eigenvalue weighted by Crippen LogP contribution is -2.46. The van der Waals surface area contributed by atoms with Gasteiger partial charge in [-0.15, -0.1) is 13.2 Å². The van der Waals surface area contributed by atoms with Gasteiger partial charge in [-0.3, -0.25) is 14.5 Å². The molecular weight excluding hydrogens is 399 g/mol. The molecule has 2 aromatic rings. The van der Waals surface area contributed by atoms with Crippen LogP contribution in [-0.2, 0) is 4.79 Å². The molecule has 0 unspecified atom stereocenters. The molecule has 0 spiro atoms. The minimum Gasteiger partial charge on any atom is -0.406 e. The normalized spacial score (nSPS) is 15.4. The number of alkyl halides is 3. The number of carbonyl (C=O) groups excluding carboxylic acids is 2. The lowest BCUT2D eigenvalue weighted by atomic mass is 10.0. The van der Waals surface area contributed by atoms with Crippen LogP contribution in [0.1, 0.15) is 23.2 Å². The summed E-state index contributed by atoms with van der Waals surface area (Å²) in [5, 5.41) is 5.73. The number of piperidine rings is 1. The highest BCUT2D eigenvalue weighted by Gasteiger charge is 2.31. The molecule has 0 aliphatic carbocycles. The maximum absolute atomic E-state index is 12.3. The summed E-state index contributed by atoms with van der Waals surface area (Å²) in [5.74, 6) is -0.820. The SMILES string of the molecule is O=C(CN1CCC(NC(=O)c2ccc(OC(F)(F)F)cc2)CC1)Nc1ccccc1. The summed E-state index contributed by atoms with van der Waals surface area (Å²) >= 11 is 0. The Bertz CT molecular complexity index is 849. The van der Waals surface area contributed by atoms with Gasteiger partial charge in [-0.25, -0.2) is 0 Å². The molecule has 0 saturated carbocycles. The van der Waals surface area contributed by atoms with E-state index >= 15 is 0 Å². The molecular formula is C21H22F3N3O3. The van der Waals surface area contributed by atoms with Crippen LogP contribution < -0.4 is 15.4 Å². The van der Waals surface area contributed by atoms with Gasteiger partial charge in [0.05, 0.1) is 6.54 Å². The van der Waals surface area contributed by atoms with Crippen LogP contribution in [0, 0.1) is 0 Å². The number of likely N-dealkylation sites (tertiary alicyclic amines) is 1. The van der Waals surface area contributed by atoms with Crippen LogP contribution in [0.4, 0.5) is 18.9 Å². The predicted octanol–water partition coefficient (Wildman–Crippen LogP) is 3.42. The van der Waals surface area contributed by atoms with Gasteiger partial charge in [-0.2, -0.15) is 0 Å². The molecule has 9 heteroatoms. The third-order valence-electron chi connectivity index (χ3n) is 4.70. The fourth-order valence-electron chi connectivity index (χ4n) is 3.24. The fourth-order valence-corrected chi connectivity index (χ4v) is 3.24. The number of carbonyl (C=O) groups is 2. The van der Waals surface area contributed by atoms with Crippen molar-refractivity contribution < 1.29 is 27.5 Å². The zero-order valence-corrected chi connectivity index (χ0v) is 16.1. The van der Waals surface area contributed by atoms with E-state index in [9.17, 15) is 22.8 Å². The monoisotopic (exact) mass is 421 g/mol. The highest BCUT2D eigenvalue weighted by molar-refractivity contribution is 5.94. The molecule has 160 valence electrons. The van der Waals surface area contributed by atoms with Crippen LogP contribution >= 0.6 is 0 Å². The number of benzene rings is 2. The summed E-state index contributed by atoms with van der Waals surface area (Å²) < 4.78 is 40.4. The summed E-state index contributed by atoms with van der Waals surface area (Å²) in [5.41, 5.74) is 1.01. The van der Waals surface area contributed by atoms with Crippen molar-refractivity contribution in [1.82, 2.24) is 10.2 Å². The lowest BCUT2D eigenvalue weighted by molar-refractivity contribution is -0.274. The van der Waals surface area contributed by atoms with E-state index in [4.69, 9.17) is 0 Å². The van der Waals surface area contributed by atoms with E-state index in [2.05, 4.69) is 15.4 Å². The highest BCUT2D eigenvalue weighted by atomic mass is 19.4. The van der Waals surface area contributed by atoms with Crippen molar-refractivity contribution in [3.63, 3.8) is 0 Å². The van der Waals surface area contributed by atoms with E-state index in [1.807, 2.05) is 35.2 Å². The van der Waals surface area contributed by atoms with E-state index in [0.29, 0.717) is 25.9 Å². The smallest absolute Gasteiger partial charge is 0.406 e. The zero-order chi connectivity index (χ0) is 21.6. The maximum Gasteiger partial charge on any atom is 0.573 e. The lowest BCUT2D eigenvalue weighted by Gasteiger charge is -2.31. The van der Waals surface area contributed by atoms with E-state index in [-0.39, 0.29) is 35.7 Å². The van der Waals surface area contributed by atoms with Crippen LogP contribution in [0.5, 0.6) is 5.75 Å². The van der Waals surface area contributed by atoms with Crippen LogP contribution in [0.25, 0.3) is 0 Å². The van der Waals surface area contributed by atoms with E-state index in [0.717, 1.165) is 17.8 Å². The van der Waals surface area contributed by atoms with Crippen LogP contribution in [0.3, 0.4) is 0 Å². The molecule has 0 aromatic heterocycles. The number of hydrogen-bond acceptors (Lipinski definition) is 4. The second-order valence-electron chi connectivity index (χ2n) is 7.01. The number of nitrogens with zero attached hydrogens (tertiary/aromatic N) is 1. The molecule has 30 heavy (non-hydrogen) atoms. The van der Waals surface area contributed by atoms with Gasteiger partial charge in [0, 0.05) is 30.4 Å². The number of hydrogen-bond donors (Lipinski definition) is 2. The van der Waals surface area contributed by atoms with E-state index in [1.54, 1.807) is 0 Å². The number of amides is 2. The highest BCUT2D eigenvalue weighted by Crippen LogP contribution is 2.23. The van der Waals surface area contributed by atoms with Crippen molar-refractivity contribution in [2.24, 2.45) is 0 Å². The summed E-state index contributed by atoms with van der Waals surface area (Å²) in [6.45, 7) is 1.59. The second kappa shape index (κ2) is 9.62. The third-order valence-corrected chi connectivity index (χ3v) is 4.70. The van der Waals surface area contributed by atoms with Gasteiger partial charge in [0.2, 0.25) is 5.91 Å². The summed E-state index contributed by atoms with van der Waals surface area (Å²) in [4.78, 5) is 26.5. The van der Waals surface area contributed by atoms with Gasteiger partial charge >= 0.3 is 6.36 Å². The minimum atomic E-state index is -4.77. The molecule has 6 nitrogen and oxygen atoms in total. The minimum absolute atomic E-state index is 0.0583. The topological polar surface area (TPSA) is 70.7 Å². The Labute approximate surface area is 172 Å². The third kappa shape index (κ3) is 6.77. The molecule has 0 radical (unpaired) electrons. The molecule has 1 fully saturated rings. The van der Waals surface area contributed by atoms with E-state index < -0.39 is 6.36 Å². The van der Waals surface area contributed by atoms with Crippen LogP contribution in [0.2, 0.25) is 0 Å². The average Bonchev–Trinajstić information content (AvgIpc) is 2.69. The molecule has 1 aliphatic heterocycles. The van der Waals surface area contributed by atoms with Crippen molar-refractivity contribution in [3.8, 4) is 5.75 Å². The number of para-hydroxylation sites is 1. The first-order valence-electron chi connectivity index (χ1n) is 9.52. The Balaban J connectivity index is 1.42. The standard InChI is InChI=1S/C21H22F3N3O3/c22-21(23,24)30-18-8-6-15(7-9-18)20(29)26-17-10-12-27(13-11-17)14-19(28)25-16-4-2-1-3-5-16/h1-9,17H,10-14H2,(H,25,28)(H,26,29).